The van der Waals surface area contributed by atoms with Gasteiger partial charge in [-0.3, -0.25) is 25.7 Å². The Labute approximate surface area is 182 Å². The maximum absolute atomic E-state index is 11.4. The van der Waals surface area contributed by atoms with E-state index in [2.05, 4.69) is 10.5 Å². The first-order valence-corrected chi connectivity index (χ1v) is 10.6. The highest BCUT2D eigenvalue weighted by atomic mass is 32.2. The highest BCUT2D eigenvalue weighted by molar-refractivity contribution is 7.89. The van der Waals surface area contributed by atoms with Crippen LogP contribution in [0.2, 0.25) is 0 Å². The zero-order valence-corrected chi connectivity index (χ0v) is 17.7. The Morgan fingerprint density at radius 2 is 1.69 bits per heavy atom. The van der Waals surface area contributed by atoms with Crippen LogP contribution in [0.25, 0.3) is 5.69 Å². The Bertz CT molecular complexity index is 1350. The number of non-ortho nitro benzene ring substituents is 1. The maximum atomic E-state index is 11.4. The zero-order valence-electron chi connectivity index (χ0n) is 16.9. The van der Waals surface area contributed by atoms with Crippen LogP contribution in [-0.4, -0.2) is 29.0 Å². The van der Waals surface area contributed by atoms with Crippen LogP contribution in [0.3, 0.4) is 0 Å². The topological polar surface area (TPSA) is 176 Å². The summed E-state index contributed by atoms with van der Waals surface area (Å²) in [4.78, 5) is 20.8. The van der Waals surface area contributed by atoms with Crippen LogP contribution in [0, 0.1) is 34.1 Å². The lowest BCUT2D eigenvalue weighted by atomic mass is 10.2. The van der Waals surface area contributed by atoms with Gasteiger partial charge in [0.2, 0.25) is 10.0 Å². The fourth-order valence-electron chi connectivity index (χ4n) is 3.16. The first-order valence-electron chi connectivity index (χ1n) is 9.03. The number of nitro groups is 2. The van der Waals surface area contributed by atoms with Gasteiger partial charge in [-0.05, 0) is 44.2 Å². The standard InChI is InChI=1S/C19H18N6O6S/c1-12-9-14(13(2)23(12)15-3-6-17(7-4-15)32(20,30)31)11-21-22-18-10-16(24(26)27)5-8-19(18)25(28)29/h3-11,22H,1-2H3,(H2,20,30,31). The second-order valence-corrected chi connectivity index (χ2v) is 8.35. The molecule has 0 unspecified atom stereocenters. The average molecular weight is 458 g/mol. The molecule has 0 radical (unpaired) electrons. The van der Waals surface area contributed by atoms with Crippen molar-refractivity contribution in [1.29, 1.82) is 0 Å². The van der Waals surface area contributed by atoms with Crippen molar-refractivity contribution in [2.24, 2.45) is 10.2 Å². The van der Waals surface area contributed by atoms with E-state index in [0.717, 1.165) is 29.6 Å². The molecule has 2 aromatic carbocycles. The van der Waals surface area contributed by atoms with Gasteiger partial charge < -0.3 is 4.57 Å². The summed E-state index contributed by atoms with van der Waals surface area (Å²) in [6.07, 6.45) is 1.43. The minimum Gasteiger partial charge on any atom is -0.318 e. The van der Waals surface area contributed by atoms with Crippen molar-refractivity contribution in [3.63, 3.8) is 0 Å². The second kappa shape index (κ2) is 8.56. The molecule has 3 rings (SSSR count). The quantitative estimate of drug-likeness (QED) is 0.310. The van der Waals surface area contributed by atoms with E-state index in [1.165, 1.54) is 18.3 Å². The minimum atomic E-state index is -3.80. The monoisotopic (exact) mass is 458 g/mol. The first-order chi connectivity index (χ1) is 15.0. The van der Waals surface area contributed by atoms with Gasteiger partial charge in [0.25, 0.3) is 11.4 Å². The van der Waals surface area contributed by atoms with Crippen LogP contribution in [0.4, 0.5) is 17.1 Å². The van der Waals surface area contributed by atoms with E-state index in [4.69, 9.17) is 5.14 Å². The van der Waals surface area contributed by atoms with Crippen molar-refractivity contribution in [3.05, 3.63) is 85.7 Å². The number of benzene rings is 2. The molecule has 3 N–H and O–H groups in total. The summed E-state index contributed by atoms with van der Waals surface area (Å²) < 4.78 is 24.8. The number of hydrazone groups is 1. The highest BCUT2D eigenvalue weighted by Crippen LogP contribution is 2.29. The summed E-state index contributed by atoms with van der Waals surface area (Å²) in [7, 11) is -3.80. The normalized spacial score (nSPS) is 11.6. The fraction of sp³-hybridized carbons (Fsp3) is 0.105. The number of nitro benzene ring substituents is 2. The van der Waals surface area contributed by atoms with Gasteiger partial charge in [0, 0.05) is 40.8 Å². The van der Waals surface area contributed by atoms with E-state index in [-0.39, 0.29) is 22.0 Å². The van der Waals surface area contributed by atoms with Crippen LogP contribution in [0.5, 0.6) is 0 Å². The smallest absolute Gasteiger partial charge is 0.294 e. The lowest BCUT2D eigenvalue weighted by Gasteiger charge is -2.10. The van der Waals surface area contributed by atoms with E-state index in [1.54, 1.807) is 12.1 Å². The number of nitrogens with zero attached hydrogens (tertiary/aromatic N) is 4. The molecule has 0 aliphatic carbocycles. The molecular formula is C19H18N6O6S. The summed E-state index contributed by atoms with van der Waals surface area (Å²) in [6, 6.07) is 11.0. The molecule has 12 nitrogen and oxygen atoms in total. The largest absolute Gasteiger partial charge is 0.318 e. The van der Waals surface area contributed by atoms with Gasteiger partial charge in [-0.15, -0.1) is 0 Å². The van der Waals surface area contributed by atoms with Crippen molar-refractivity contribution in [1.82, 2.24) is 4.57 Å². The predicted molar refractivity (Wildman–Crippen MR) is 118 cm³/mol. The molecule has 0 spiro atoms. The van der Waals surface area contributed by atoms with Gasteiger partial charge in [-0.1, -0.05) is 0 Å². The second-order valence-electron chi connectivity index (χ2n) is 6.79. The fourth-order valence-corrected chi connectivity index (χ4v) is 3.67. The van der Waals surface area contributed by atoms with Crippen molar-refractivity contribution in [3.8, 4) is 5.69 Å². The van der Waals surface area contributed by atoms with Gasteiger partial charge in [-0.25, -0.2) is 13.6 Å². The third kappa shape index (κ3) is 4.63. The molecule has 0 aliphatic rings. The summed E-state index contributed by atoms with van der Waals surface area (Å²) in [6.45, 7) is 3.66. The van der Waals surface area contributed by atoms with E-state index in [0.29, 0.717) is 11.3 Å². The number of anilines is 1. The number of sulfonamides is 1. The number of aromatic nitrogens is 1. The van der Waals surface area contributed by atoms with Crippen LogP contribution in [0.15, 0.2) is 58.5 Å². The average Bonchev–Trinajstić information content (AvgIpc) is 3.00. The van der Waals surface area contributed by atoms with E-state index < -0.39 is 19.9 Å². The predicted octanol–water partition coefficient (Wildman–Crippen LogP) is 3.00. The zero-order chi connectivity index (χ0) is 23.6. The minimum absolute atomic E-state index is 0.00625. The van der Waals surface area contributed by atoms with Crippen molar-refractivity contribution in [2.75, 3.05) is 5.43 Å². The molecule has 0 saturated heterocycles. The Morgan fingerprint density at radius 3 is 2.25 bits per heavy atom. The SMILES string of the molecule is Cc1cc(C=NNc2cc([N+](=O)[O-])ccc2[N+](=O)[O-])c(C)n1-c1ccc(S(N)(=O)=O)cc1. The van der Waals surface area contributed by atoms with Gasteiger partial charge in [0.15, 0.2) is 0 Å². The lowest BCUT2D eigenvalue weighted by Crippen LogP contribution is -2.12. The number of nitrogens with one attached hydrogen (secondary N) is 1. The Balaban J connectivity index is 1.90. The molecule has 0 aliphatic heterocycles. The van der Waals surface area contributed by atoms with E-state index in [9.17, 15) is 28.6 Å². The van der Waals surface area contributed by atoms with E-state index in [1.807, 2.05) is 24.5 Å². The van der Waals surface area contributed by atoms with Crippen molar-refractivity contribution in [2.45, 2.75) is 18.7 Å². The highest BCUT2D eigenvalue weighted by Gasteiger charge is 2.18. The molecule has 3 aromatic rings. The molecule has 1 heterocycles. The van der Waals surface area contributed by atoms with Gasteiger partial charge in [0.1, 0.15) is 5.69 Å². The van der Waals surface area contributed by atoms with Crippen LogP contribution in [0.1, 0.15) is 17.0 Å². The van der Waals surface area contributed by atoms with Gasteiger partial charge >= 0.3 is 0 Å². The molecule has 13 heteroatoms. The van der Waals surface area contributed by atoms with Crippen LogP contribution < -0.4 is 10.6 Å². The van der Waals surface area contributed by atoms with Crippen molar-refractivity contribution >= 4 is 33.3 Å². The number of nitrogens with two attached hydrogens (primary N) is 1. The summed E-state index contributed by atoms with van der Waals surface area (Å²) in [5.41, 5.74) is 4.69. The molecule has 0 atom stereocenters. The Morgan fingerprint density at radius 1 is 1.03 bits per heavy atom. The van der Waals surface area contributed by atoms with Crippen molar-refractivity contribution < 1.29 is 18.3 Å². The van der Waals surface area contributed by atoms with Crippen LogP contribution in [-0.2, 0) is 10.0 Å². The molecular weight excluding hydrogens is 440 g/mol. The molecule has 0 bridgehead atoms. The van der Waals surface area contributed by atoms with Gasteiger partial charge in [0.05, 0.1) is 21.0 Å². The summed E-state index contributed by atoms with van der Waals surface area (Å²) in [5, 5.41) is 31.3. The number of hydrogen-bond acceptors (Lipinski definition) is 8. The number of rotatable bonds is 7. The molecule has 0 amide bonds. The summed E-state index contributed by atoms with van der Waals surface area (Å²) in [5.74, 6) is 0. The number of aryl methyl sites for hydroxylation is 1. The Kier molecular flexibility index (Phi) is 6.04. The third-order valence-electron chi connectivity index (χ3n) is 4.67. The maximum Gasteiger partial charge on any atom is 0.294 e. The molecule has 1 aromatic heterocycles. The molecule has 32 heavy (non-hydrogen) atoms. The summed E-state index contributed by atoms with van der Waals surface area (Å²) >= 11 is 0. The molecule has 166 valence electrons. The molecule has 0 saturated carbocycles. The Hall–Kier alpha value is -4.10. The lowest BCUT2D eigenvalue weighted by molar-refractivity contribution is -0.388. The number of hydrogen-bond donors (Lipinski definition) is 2. The third-order valence-corrected chi connectivity index (χ3v) is 5.60. The molecule has 0 fully saturated rings. The first kappa shape index (κ1) is 22.6. The number of primary sulfonamides is 1. The van der Waals surface area contributed by atoms with Crippen LogP contribution >= 0.6 is 0 Å². The van der Waals surface area contributed by atoms with E-state index >= 15 is 0 Å². The van der Waals surface area contributed by atoms with Gasteiger partial charge in [-0.2, -0.15) is 5.10 Å².